The average molecular weight is 365 g/mol. The summed E-state index contributed by atoms with van der Waals surface area (Å²) in [4.78, 5) is 2.44. The first-order chi connectivity index (χ1) is 11.9. The van der Waals surface area contributed by atoms with E-state index in [0.29, 0.717) is 6.42 Å². The third-order valence-corrected chi connectivity index (χ3v) is 7.12. The number of nitrogens with zero attached hydrogens (tertiary/aromatic N) is 2. The number of ether oxygens (including phenoxy) is 1. The fourth-order valence-electron chi connectivity index (χ4n) is 3.76. The van der Waals surface area contributed by atoms with Gasteiger partial charge in [0.2, 0.25) is 0 Å². The molecule has 0 radical (unpaired) electrons. The maximum absolute atomic E-state index is 12.4. The van der Waals surface area contributed by atoms with Crippen molar-refractivity contribution in [1.29, 1.82) is 0 Å². The van der Waals surface area contributed by atoms with Crippen LogP contribution in [0.5, 0.6) is 0 Å². The summed E-state index contributed by atoms with van der Waals surface area (Å²) in [6, 6.07) is 8.07. The number of sulfonamides is 1. The monoisotopic (exact) mass is 364 g/mol. The van der Waals surface area contributed by atoms with Crippen LogP contribution in [0.1, 0.15) is 43.1 Å². The number of aryl methyl sites for hydroxylation is 1. The summed E-state index contributed by atoms with van der Waals surface area (Å²) in [5, 5.41) is -0.563. The SMILES string of the molecule is CC1(C)CC=NS(=O)(=O)C1c1ccc(CCCN2CCOCC2)cc1. The Morgan fingerprint density at radius 2 is 1.88 bits per heavy atom. The molecule has 1 atom stereocenters. The molecular weight excluding hydrogens is 336 g/mol. The molecule has 0 saturated carbocycles. The number of hydrogen-bond acceptors (Lipinski definition) is 4. The summed E-state index contributed by atoms with van der Waals surface area (Å²) in [6.07, 6.45) is 4.33. The lowest BCUT2D eigenvalue weighted by atomic mass is 9.82. The maximum atomic E-state index is 12.4. The predicted molar refractivity (Wildman–Crippen MR) is 101 cm³/mol. The lowest BCUT2D eigenvalue weighted by molar-refractivity contribution is 0.0374. The van der Waals surface area contributed by atoms with Gasteiger partial charge in [0, 0.05) is 19.3 Å². The van der Waals surface area contributed by atoms with Gasteiger partial charge in [0.25, 0.3) is 10.0 Å². The normalized spacial score (nSPS) is 25.8. The van der Waals surface area contributed by atoms with Gasteiger partial charge in [-0.05, 0) is 42.3 Å². The lowest BCUT2D eigenvalue weighted by Gasteiger charge is -2.34. The molecule has 3 rings (SSSR count). The van der Waals surface area contributed by atoms with Crippen LogP contribution in [-0.2, 0) is 21.2 Å². The molecule has 138 valence electrons. The molecule has 1 unspecified atom stereocenters. The second-order valence-electron chi connectivity index (χ2n) is 7.67. The summed E-state index contributed by atoms with van der Waals surface area (Å²) in [5.74, 6) is 0. The third-order valence-electron chi connectivity index (χ3n) is 5.17. The molecule has 2 aliphatic heterocycles. The first-order valence-corrected chi connectivity index (χ1v) is 10.6. The van der Waals surface area contributed by atoms with Crippen LogP contribution >= 0.6 is 0 Å². The molecule has 2 aliphatic rings. The molecule has 0 N–H and O–H groups in total. The molecule has 0 bridgehead atoms. The van der Waals surface area contributed by atoms with Crippen LogP contribution in [0.15, 0.2) is 28.7 Å². The van der Waals surface area contributed by atoms with Crippen LogP contribution < -0.4 is 0 Å². The van der Waals surface area contributed by atoms with E-state index in [-0.39, 0.29) is 5.41 Å². The van der Waals surface area contributed by atoms with Gasteiger partial charge >= 0.3 is 0 Å². The van der Waals surface area contributed by atoms with Crippen molar-refractivity contribution in [3.05, 3.63) is 35.4 Å². The van der Waals surface area contributed by atoms with Crippen LogP contribution in [0.3, 0.4) is 0 Å². The van der Waals surface area contributed by atoms with Gasteiger partial charge in [0.05, 0.1) is 13.2 Å². The van der Waals surface area contributed by atoms with E-state index >= 15 is 0 Å². The van der Waals surface area contributed by atoms with Crippen molar-refractivity contribution in [2.75, 3.05) is 32.8 Å². The largest absolute Gasteiger partial charge is 0.379 e. The summed E-state index contributed by atoms with van der Waals surface area (Å²) in [6.45, 7) is 8.80. The Morgan fingerprint density at radius 1 is 1.20 bits per heavy atom. The van der Waals surface area contributed by atoms with E-state index in [1.165, 1.54) is 11.8 Å². The van der Waals surface area contributed by atoms with E-state index in [1.807, 2.05) is 26.0 Å². The summed E-state index contributed by atoms with van der Waals surface area (Å²) >= 11 is 0. The minimum Gasteiger partial charge on any atom is -0.379 e. The minimum absolute atomic E-state index is 0.335. The molecule has 0 spiro atoms. The van der Waals surface area contributed by atoms with E-state index in [0.717, 1.165) is 51.3 Å². The molecule has 5 nitrogen and oxygen atoms in total. The van der Waals surface area contributed by atoms with Gasteiger partial charge in [0.15, 0.2) is 0 Å². The lowest BCUT2D eigenvalue weighted by Crippen LogP contribution is -2.36. The zero-order chi connectivity index (χ0) is 17.9. The van der Waals surface area contributed by atoms with Crippen molar-refractivity contribution < 1.29 is 13.2 Å². The zero-order valence-electron chi connectivity index (χ0n) is 15.1. The quantitative estimate of drug-likeness (QED) is 0.806. The Hall–Kier alpha value is -1.24. The Bertz CT molecular complexity index is 705. The van der Waals surface area contributed by atoms with Crippen molar-refractivity contribution >= 4 is 16.2 Å². The first-order valence-electron chi connectivity index (χ1n) is 9.05. The van der Waals surface area contributed by atoms with Crippen molar-refractivity contribution in [3.8, 4) is 0 Å². The molecule has 0 aromatic heterocycles. The van der Waals surface area contributed by atoms with E-state index in [9.17, 15) is 8.42 Å². The van der Waals surface area contributed by atoms with Gasteiger partial charge < -0.3 is 4.74 Å². The molecule has 6 heteroatoms. The number of benzene rings is 1. The first kappa shape index (κ1) is 18.5. The summed E-state index contributed by atoms with van der Waals surface area (Å²) in [7, 11) is -3.48. The molecule has 25 heavy (non-hydrogen) atoms. The van der Waals surface area contributed by atoms with Crippen LogP contribution in [0, 0.1) is 5.41 Å². The Labute approximate surface area is 151 Å². The Kier molecular flexibility index (Phi) is 5.61. The molecule has 2 heterocycles. The van der Waals surface area contributed by atoms with Crippen molar-refractivity contribution in [3.63, 3.8) is 0 Å². The Morgan fingerprint density at radius 3 is 2.52 bits per heavy atom. The Balaban J connectivity index is 1.62. The van der Waals surface area contributed by atoms with E-state index in [1.54, 1.807) is 0 Å². The smallest absolute Gasteiger partial charge is 0.260 e. The summed E-state index contributed by atoms with van der Waals surface area (Å²) < 4.78 is 34.0. The molecule has 1 saturated heterocycles. The molecule has 1 aromatic rings. The van der Waals surface area contributed by atoms with E-state index < -0.39 is 15.3 Å². The fraction of sp³-hybridized carbons (Fsp3) is 0.632. The predicted octanol–water partition coefficient (Wildman–Crippen LogP) is 2.82. The number of rotatable bonds is 5. The van der Waals surface area contributed by atoms with Gasteiger partial charge in [0.1, 0.15) is 5.25 Å². The van der Waals surface area contributed by atoms with Gasteiger partial charge in [-0.3, -0.25) is 4.90 Å². The zero-order valence-corrected chi connectivity index (χ0v) is 16.0. The van der Waals surface area contributed by atoms with Crippen molar-refractivity contribution in [2.24, 2.45) is 9.81 Å². The fourth-order valence-corrected chi connectivity index (χ4v) is 5.57. The van der Waals surface area contributed by atoms with Crippen LogP contribution in [-0.4, -0.2) is 52.4 Å². The second-order valence-corrected chi connectivity index (χ2v) is 9.39. The van der Waals surface area contributed by atoms with Gasteiger partial charge in [-0.2, -0.15) is 4.40 Å². The highest BCUT2D eigenvalue weighted by atomic mass is 32.2. The second kappa shape index (κ2) is 7.56. The highest BCUT2D eigenvalue weighted by molar-refractivity contribution is 7.90. The van der Waals surface area contributed by atoms with Crippen LogP contribution in [0.25, 0.3) is 0 Å². The van der Waals surface area contributed by atoms with E-state index in [2.05, 4.69) is 21.4 Å². The van der Waals surface area contributed by atoms with Crippen LogP contribution in [0.2, 0.25) is 0 Å². The van der Waals surface area contributed by atoms with Gasteiger partial charge in [-0.15, -0.1) is 0 Å². The van der Waals surface area contributed by atoms with Gasteiger partial charge in [-0.1, -0.05) is 38.1 Å². The van der Waals surface area contributed by atoms with Crippen LogP contribution in [0.4, 0.5) is 0 Å². The highest BCUT2D eigenvalue weighted by Crippen LogP contribution is 2.44. The average Bonchev–Trinajstić information content (AvgIpc) is 2.56. The number of hydrogen-bond donors (Lipinski definition) is 0. The maximum Gasteiger partial charge on any atom is 0.260 e. The molecule has 1 aromatic carbocycles. The topological polar surface area (TPSA) is 59.0 Å². The van der Waals surface area contributed by atoms with Crippen molar-refractivity contribution in [1.82, 2.24) is 4.90 Å². The molecule has 0 amide bonds. The standard InChI is InChI=1S/C19H28N2O3S/c1-19(2)9-10-20-25(22,23)18(19)17-7-5-16(6-8-17)4-3-11-21-12-14-24-15-13-21/h5-8,10,18H,3-4,9,11-15H2,1-2H3. The highest BCUT2D eigenvalue weighted by Gasteiger charge is 2.42. The molecular formula is C19H28N2O3S. The van der Waals surface area contributed by atoms with Gasteiger partial charge in [-0.25, -0.2) is 8.42 Å². The van der Waals surface area contributed by atoms with Crippen molar-refractivity contribution in [2.45, 2.75) is 38.4 Å². The minimum atomic E-state index is -3.48. The van der Waals surface area contributed by atoms with E-state index in [4.69, 9.17) is 4.74 Å². The number of morpholine rings is 1. The molecule has 0 aliphatic carbocycles. The third kappa shape index (κ3) is 4.49. The summed E-state index contributed by atoms with van der Waals surface area (Å²) in [5.41, 5.74) is 1.77. The molecule has 1 fully saturated rings.